The second-order valence-electron chi connectivity index (χ2n) is 3.21. The zero-order valence-electron chi connectivity index (χ0n) is 7.77. The molecule has 0 radical (unpaired) electrons. The maximum Gasteiger partial charge on any atom is 0.389 e. The van der Waals surface area contributed by atoms with E-state index in [4.69, 9.17) is 5.73 Å². The number of alkyl halides is 3. The van der Waals surface area contributed by atoms with E-state index >= 15 is 0 Å². The molecule has 1 aromatic rings. The predicted octanol–water partition coefficient (Wildman–Crippen LogP) is 3.40. The molecule has 0 spiro atoms. The Balaban J connectivity index is 2.47. The van der Waals surface area contributed by atoms with E-state index < -0.39 is 18.6 Å². The lowest BCUT2D eigenvalue weighted by Crippen LogP contribution is -2.14. The summed E-state index contributed by atoms with van der Waals surface area (Å²) in [7, 11) is 0. The van der Waals surface area contributed by atoms with Gasteiger partial charge in [0.2, 0.25) is 0 Å². The quantitative estimate of drug-likeness (QED) is 0.835. The van der Waals surface area contributed by atoms with Crippen molar-refractivity contribution in [3.05, 3.63) is 21.9 Å². The highest BCUT2D eigenvalue weighted by Gasteiger charge is 2.27. The van der Waals surface area contributed by atoms with Crippen molar-refractivity contribution >= 4 is 11.3 Å². The summed E-state index contributed by atoms with van der Waals surface area (Å²) in [5, 5.41) is 0. The van der Waals surface area contributed by atoms with Crippen LogP contribution in [0.3, 0.4) is 0 Å². The maximum atomic E-state index is 11.9. The van der Waals surface area contributed by atoms with Gasteiger partial charge in [0, 0.05) is 22.2 Å². The number of hydrogen-bond donors (Lipinski definition) is 1. The molecule has 0 saturated heterocycles. The monoisotopic (exact) mass is 223 g/mol. The molecule has 1 atom stereocenters. The fourth-order valence-corrected chi connectivity index (χ4v) is 2.03. The first kappa shape index (κ1) is 11.5. The van der Waals surface area contributed by atoms with Crippen molar-refractivity contribution in [2.45, 2.75) is 32.0 Å². The van der Waals surface area contributed by atoms with Gasteiger partial charge in [-0.15, -0.1) is 11.3 Å². The van der Waals surface area contributed by atoms with E-state index in [2.05, 4.69) is 0 Å². The SMILES string of the molecule is Cc1ccc(C(N)CCC(F)(F)F)s1. The van der Waals surface area contributed by atoms with Gasteiger partial charge < -0.3 is 5.73 Å². The van der Waals surface area contributed by atoms with E-state index in [-0.39, 0.29) is 6.42 Å². The van der Waals surface area contributed by atoms with E-state index in [1.807, 2.05) is 13.0 Å². The third-order valence-corrected chi connectivity index (χ3v) is 3.00. The van der Waals surface area contributed by atoms with Crippen LogP contribution in [0.2, 0.25) is 0 Å². The Labute approximate surface area is 84.7 Å². The zero-order valence-corrected chi connectivity index (χ0v) is 8.58. The van der Waals surface area contributed by atoms with Crippen LogP contribution in [0.1, 0.15) is 28.6 Å². The molecule has 5 heteroatoms. The highest BCUT2D eigenvalue weighted by atomic mass is 32.1. The van der Waals surface area contributed by atoms with Crippen LogP contribution in [-0.2, 0) is 0 Å². The van der Waals surface area contributed by atoms with Crippen molar-refractivity contribution in [3.63, 3.8) is 0 Å². The van der Waals surface area contributed by atoms with Crippen LogP contribution >= 0.6 is 11.3 Å². The van der Waals surface area contributed by atoms with Gasteiger partial charge >= 0.3 is 6.18 Å². The van der Waals surface area contributed by atoms with Crippen LogP contribution in [0.15, 0.2) is 12.1 Å². The summed E-state index contributed by atoms with van der Waals surface area (Å²) in [6.45, 7) is 1.91. The fourth-order valence-electron chi connectivity index (χ4n) is 1.11. The molecular formula is C9H12F3NS. The lowest BCUT2D eigenvalue weighted by Gasteiger charge is -2.11. The van der Waals surface area contributed by atoms with Gasteiger partial charge in [0.15, 0.2) is 0 Å². The van der Waals surface area contributed by atoms with Gasteiger partial charge in [-0.25, -0.2) is 0 Å². The molecule has 0 aromatic carbocycles. The summed E-state index contributed by atoms with van der Waals surface area (Å²) >= 11 is 1.45. The molecule has 0 aliphatic rings. The molecule has 1 aromatic heterocycles. The Morgan fingerprint density at radius 1 is 1.43 bits per heavy atom. The van der Waals surface area contributed by atoms with Gasteiger partial charge in [-0.1, -0.05) is 0 Å². The molecule has 1 nitrogen and oxygen atoms in total. The van der Waals surface area contributed by atoms with Crippen LogP contribution in [-0.4, -0.2) is 6.18 Å². The van der Waals surface area contributed by atoms with Crippen molar-refractivity contribution in [2.24, 2.45) is 5.73 Å². The molecule has 0 saturated carbocycles. The Kier molecular flexibility index (Phi) is 3.55. The van der Waals surface area contributed by atoms with Crippen LogP contribution in [0.5, 0.6) is 0 Å². The van der Waals surface area contributed by atoms with Crippen molar-refractivity contribution in [3.8, 4) is 0 Å². The summed E-state index contributed by atoms with van der Waals surface area (Å²) < 4.78 is 35.7. The third kappa shape index (κ3) is 3.67. The molecule has 0 fully saturated rings. The van der Waals surface area contributed by atoms with E-state index in [1.165, 1.54) is 11.3 Å². The van der Waals surface area contributed by atoms with Gasteiger partial charge in [-0.2, -0.15) is 13.2 Å². The molecule has 0 amide bonds. The normalized spacial score (nSPS) is 14.4. The molecule has 0 aliphatic carbocycles. The number of nitrogens with two attached hydrogens (primary N) is 1. The van der Waals surface area contributed by atoms with Crippen LogP contribution < -0.4 is 5.73 Å². The largest absolute Gasteiger partial charge is 0.389 e. The number of thiophene rings is 1. The smallest absolute Gasteiger partial charge is 0.323 e. The molecule has 0 bridgehead atoms. The zero-order chi connectivity index (χ0) is 10.8. The Bertz CT molecular complexity index is 292. The molecule has 1 unspecified atom stereocenters. The first-order valence-corrected chi connectivity index (χ1v) is 5.09. The second-order valence-corrected chi connectivity index (χ2v) is 4.53. The minimum atomic E-state index is -4.11. The van der Waals surface area contributed by atoms with Gasteiger partial charge in [-0.3, -0.25) is 0 Å². The molecule has 1 heterocycles. The van der Waals surface area contributed by atoms with Crippen molar-refractivity contribution in [1.29, 1.82) is 0 Å². The van der Waals surface area contributed by atoms with E-state index in [0.29, 0.717) is 0 Å². The van der Waals surface area contributed by atoms with Crippen LogP contribution in [0.4, 0.5) is 13.2 Å². The number of aryl methyl sites for hydroxylation is 1. The summed E-state index contributed by atoms with van der Waals surface area (Å²) in [5.74, 6) is 0. The Morgan fingerprint density at radius 3 is 2.50 bits per heavy atom. The number of rotatable bonds is 3. The topological polar surface area (TPSA) is 26.0 Å². The lowest BCUT2D eigenvalue weighted by molar-refractivity contribution is -0.136. The summed E-state index contributed by atoms with van der Waals surface area (Å²) in [6.07, 6.45) is -4.96. The first-order valence-electron chi connectivity index (χ1n) is 4.27. The van der Waals surface area contributed by atoms with Crippen molar-refractivity contribution in [1.82, 2.24) is 0 Å². The van der Waals surface area contributed by atoms with Crippen LogP contribution in [0, 0.1) is 6.92 Å². The Morgan fingerprint density at radius 2 is 2.07 bits per heavy atom. The summed E-state index contributed by atoms with van der Waals surface area (Å²) in [6, 6.07) is 3.17. The van der Waals surface area contributed by atoms with Gasteiger partial charge in [0.1, 0.15) is 0 Å². The first-order chi connectivity index (χ1) is 6.38. The van der Waals surface area contributed by atoms with Crippen molar-refractivity contribution < 1.29 is 13.2 Å². The van der Waals surface area contributed by atoms with E-state index in [0.717, 1.165) is 9.75 Å². The van der Waals surface area contributed by atoms with E-state index in [1.54, 1.807) is 6.07 Å². The van der Waals surface area contributed by atoms with Gasteiger partial charge in [0.05, 0.1) is 0 Å². The summed E-state index contributed by atoms with van der Waals surface area (Å²) in [4.78, 5) is 1.90. The lowest BCUT2D eigenvalue weighted by atomic mass is 10.1. The Hall–Kier alpha value is -0.550. The molecular weight excluding hydrogens is 211 g/mol. The molecule has 80 valence electrons. The van der Waals surface area contributed by atoms with Crippen LogP contribution in [0.25, 0.3) is 0 Å². The average Bonchev–Trinajstić information content (AvgIpc) is 2.46. The highest BCUT2D eigenvalue weighted by molar-refractivity contribution is 7.12. The molecule has 14 heavy (non-hydrogen) atoms. The highest BCUT2D eigenvalue weighted by Crippen LogP contribution is 2.29. The number of halogens is 3. The number of hydrogen-bond acceptors (Lipinski definition) is 2. The fraction of sp³-hybridized carbons (Fsp3) is 0.556. The predicted molar refractivity (Wildman–Crippen MR) is 51.3 cm³/mol. The molecule has 0 aliphatic heterocycles. The summed E-state index contributed by atoms with van der Waals surface area (Å²) in [5.41, 5.74) is 5.63. The minimum absolute atomic E-state index is 0.0382. The minimum Gasteiger partial charge on any atom is -0.323 e. The van der Waals surface area contributed by atoms with Gasteiger partial charge in [-0.05, 0) is 25.5 Å². The molecule has 1 rings (SSSR count). The second kappa shape index (κ2) is 4.31. The van der Waals surface area contributed by atoms with E-state index in [9.17, 15) is 13.2 Å². The standard InChI is InChI=1S/C9H12F3NS/c1-6-2-3-8(14-6)7(13)4-5-9(10,11)12/h2-3,7H,4-5,13H2,1H3. The van der Waals surface area contributed by atoms with Gasteiger partial charge in [0.25, 0.3) is 0 Å². The van der Waals surface area contributed by atoms with Crippen molar-refractivity contribution in [2.75, 3.05) is 0 Å². The third-order valence-electron chi connectivity index (χ3n) is 1.87. The average molecular weight is 223 g/mol. The maximum absolute atomic E-state index is 11.9. The molecule has 2 N–H and O–H groups in total.